The fourth-order valence-electron chi connectivity index (χ4n) is 1.11. The van der Waals surface area contributed by atoms with Crippen LogP contribution in [0, 0.1) is 16.7 Å². The van der Waals surface area contributed by atoms with Gasteiger partial charge in [-0.15, -0.1) is 5.10 Å². The highest BCUT2D eigenvalue weighted by Crippen LogP contribution is 2.45. The lowest BCUT2D eigenvalue weighted by Crippen LogP contribution is -2.12. The third-order valence-electron chi connectivity index (χ3n) is 2.09. The van der Waals surface area contributed by atoms with Gasteiger partial charge in [0.05, 0.1) is 24.2 Å². The van der Waals surface area contributed by atoms with Crippen LogP contribution in [0.5, 0.6) is 0 Å². The molecule has 2 rings (SSSR count). The summed E-state index contributed by atoms with van der Waals surface area (Å²) in [5.41, 5.74) is 5.18. The Bertz CT molecular complexity index is 330. The Labute approximate surface area is 69.8 Å². The molecule has 1 aliphatic carbocycles. The largest absolute Gasteiger partial charge is 0.381 e. The lowest BCUT2D eigenvalue weighted by Gasteiger charge is -2.02. The summed E-state index contributed by atoms with van der Waals surface area (Å²) in [7, 11) is 0. The van der Waals surface area contributed by atoms with E-state index in [0.717, 1.165) is 12.8 Å². The van der Waals surface area contributed by atoms with Crippen LogP contribution in [0.2, 0.25) is 0 Å². The van der Waals surface area contributed by atoms with Gasteiger partial charge in [-0.2, -0.15) is 15.2 Å². The van der Waals surface area contributed by atoms with Gasteiger partial charge in [-0.05, 0) is 12.8 Å². The highest BCUT2D eigenvalue weighted by molar-refractivity contribution is 5.19. The van der Waals surface area contributed by atoms with Gasteiger partial charge in [0.2, 0.25) is 0 Å². The van der Waals surface area contributed by atoms with E-state index in [1.165, 1.54) is 11.0 Å². The van der Waals surface area contributed by atoms with Crippen LogP contribution < -0.4 is 5.73 Å². The van der Waals surface area contributed by atoms with Crippen LogP contribution in [-0.2, 0) is 6.54 Å². The summed E-state index contributed by atoms with van der Waals surface area (Å²) in [4.78, 5) is 1.49. The van der Waals surface area contributed by atoms with Crippen molar-refractivity contribution in [2.45, 2.75) is 19.4 Å². The maximum Gasteiger partial charge on any atom is 0.165 e. The standard InChI is InChI=1S/C7H9N5/c8-4-7(1-2-7)5-12-10-3-6(9)11-12/h3H,1-2,5H2,(H2,9,11). The molecule has 1 aromatic heterocycles. The van der Waals surface area contributed by atoms with Gasteiger partial charge in [-0.25, -0.2) is 0 Å². The number of nitrogens with two attached hydrogens (primary N) is 1. The van der Waals surface area contributed by atoms with Crippen LogP contribution >= 0.6 is 0 Å². The number of aromatic nitrogens is 3. The van der Waals surface area contributed by atoms with Gasteiger partial charge >= 0.3 is 0 Å². The molecule has 0 radical (unpaired) electrons. The molecule has 1 aliphatic rings. The van der Waals surface area contributed by atoms with Crippen LogP contribution in [-0.4, -0.2) is 15.0 Å². The second-order valence-electron chi connectivity index (χ2n) is 3.19. The van der Waals surface area contributed by atoms with Gasteiger partial charge in [0.25, 0.3) is 0 Å². The number of anilines is 1. The summed E-state index contributed by atoms with van der Waals surface area (Å²) in [5.74, 6) is 0.406. The molecule has 0 unspecified atom stereocenters. The summed E-state index contributed by atoms with van der Waals surface area (Å²) in [6.45, 7) is 0.570. The zero-order chi connectivity index (χ0) is 8.60. The number of nitriles is 1. The van der Waals surface area contributed by atoms with Crippen LogP contribution in [0.3, 0.4) is 0 Å². The molecule has 0 atom stereocenters. The van der Waals surface area contributed by atoms with E-state index in [4.69, 9.17) is 11.0 Å². The molecule has 0 bridgehead atoms. The van der Waals surface area contributed by atoms with Crippen molar-refractivity contribution < 1.29 is 0 Å². The molecule has 12 heavy (non-hydrogen) atoms. The van der Waals surface area contributed by atoms with Crippen molar-refractivity contribution in [3.8, 4) is 6.07 Å². The molecular formula is C7H9N5. The summed E-state index contributed by atoms with van der Waals surface area (Å²) in [5, 5.41) is 16.6. The predicted octanol–water partition coefficient (Wildman–Crippen LogP) is 0.164. The first-order valence-electron chi connectivity index (χ1n) is 3.81. The van der Waals surface area contributed by atoms with E-state index in [0.29, 0.717) is 12.4 Å². The number of nitrogens with zero attached hydrogens (tertiary/aromatic N) is 4. The minimum Gasteiger partial charge on any atom is -0.381 e. The molecule has 5 heteroatoms. The second-order valence-corrected chi connectivity index (χ2v) is 3.19. The zero-order valence-corrected chi connectivity index (χ0v) is 6.56. The van der Waals surface area contributed by atoms with Crippen LogP contribution in [0.4, 0.5) is 5.82 Å². The highest BCUT2D eigenvalue weighted by Gasteiger charge is 2.44. The molecule has 0 amide bonds. The molecule has 62 valence electrons. The fraction of sp³-hybridized carbons (Fsp3) is 0.571. The summed E-state index contributed by atoms with van der Waals surface area (Å²) in [6.07, 6.45) is 3.39. The molecule has 1 fully saturated rings. The molecule has 0 aliphatic heterocycles. The molecule has 0 aromatic carbocycles. The highest BCUT2D eigenvalue weighted by atomic mass is 15.5. The minimum atomic E-state index is -0.203. The SMILES string of the molecule is N#CC1(Cn2ncc(N)n2)CC1. The van der Waals surface area contributed by atoms with Gasteiger partial charge in [-0.1, -0.05) is 0 Å². The van der Waals surface area contributed by atoms with E-state index in [1.807, 2.05) is 0 Å². The maximum absolute atomic E-state index is 8.77. The molecular weight excluding hydrogens is 154 g/mol. The number of nitrogen functional groups attached to an aromatic ring is 1. The molecule has 1 heterocycles. The van der Waals surface area contributed by atoms with E-state index in [9.17, 15) is 0 Å². The Balaban J connectivity index is 2.10. The summed E-state index contributed by atoms with van der Waals surface area (Å²) < 4.78 is 0. The third kappa shape index (κ3) is 1.11. The van der Waals surface area contributed by atoms with Gasteiger partial charge in [-0.3, -0.25) is 0 Å². The van der Waals surface area contributed by atoms with Crippen molar-refractivity contribution in [2.75, 3.05) is 5.73 Å². The first-order valence-corrected chi connectivity index (χ1v) is 3.81. The summed E-state index contributed by atoms with van der Waals surface area (Å²) in [6, 6.07) is 2.27. The second kappa shape index (κ2) is 2.21. The van der Waals surface area contributed by atoms with Crippen molar-refractivity contribution in [2.24, 2.45) is 5.41 Å². The topological polar surface area (TPSA) is 80.5 Å². The molecule has 1 saturated carbocycles. The van der Waals surface area contributed by atoms with Crippen molar-refractivity contribution >= 4 is 5.82 Å². The zero-order valence-electron chi connectivity index (χ0n) is 6.56. The van der Waals surface area contributed by atoms with Gasteiger partial charge in [0.15, 0.2) is 5.82 Å². The van der Waals surface area contributed by atoms with Crippen molar-refractivity contribution in [1.82, 2.24) is 15.0 Å². The quantitative estimate of drug-likeness (QED) is 0.673. The Morgan fingerprint density at radius 2 is 2.50 bits per heavy atom. The van der Waals surface area contributed by atoms with E-state index in [2.05, 4.69) is 16.3 Å². The first-order chi connectivity index (χ1) is 5.74. The summed E-state index contributed by atoms with van der Waals surface area (Å²) >= 11 is 0. The monoisotopic (exact) mass is 163 g/mol. The predicted molar refractivity (Wildman–Crippen MR) is 41.7 cm³/mol. The maximum atomic E-state index is 8.77. The van der Waals surface area contributed by atoms with Crippen LogP contribution in [0.25, 0.3) is 0 Å². The van der Waals surface area contributed by atoms with E-state index in [1.54, 1.807) is 0 Å². The molecule has 0 spiro atoms. The average molecular weight is 163 g/mol. The Kier molecular flexibility index (Phi) is 1.30. The van der Waals surface area contributed by atoms with Crippen molar-refractivity contribution in [1.29, 1.82) is 5.26 Å². The minimum absolute atomic E-state index is 0.203. The van der Waals surface area contributed by atoms with Crippen molar-refractivity contribution in [3.63, 3.8) is 0 Å². The lowest BCUT2D eigenvalue weighted by atomic mass is 10.1. The molecule has 0 saturated heterocycles. The molecule has 5 nitrogen and oxygen atoms in total. The average Bonchev–Trinajstić information content (AvgIpc) is 2.71. The number of rotatable bonds is 2. The normalized spacial score (nSPS) is 18.6. The Hall–Kier alpha value is -1.57. The number of hydrogen-bond donors (Lipinski definition) is 1. The Morgan fingerprint density at radius 1 is 1.75 bits per heavy atom. The Morgan fingerprint density at radius 3 is 2.92 bits per heavy atom. The number of hydrogen-bond acceptors (Lipinski definition) is 4. The fourth-order valence-corrected chi connectivity index (χ4v) is 1.11. The first kappa shape index (κ1) is 7.10. The van der Waals surface area contributed by atoms with Crippen molar-refractivity contribution in [3.05, 3.63) is 6.20 Å². The molecule has 2 N–H and O–H groups in total. The van der Waals surface area contributed by atoms with E-state index < -0.39 is 0 Å². The van der Waals surface area contributed by atoms with Gasteiger partial charge < -0.3 is 5.73 Å². The van der Waals surface area contributed by atoms with Gasteiger partial charge in [0, 0.05) is 0 Å². The van der Waals surface area contributed by atoms with E-state index >= 15 is 0 Å². The smallest absolute Gasteiger partial charge is 0.165 e. The lowest BCUT2D eigenvalue weighted by molar-refractivity contribution is 0.439. The van der Waals surface area contributed by atoms with Gasteiger partial charge in [0.1, 0.15) is 0 Å². The molecule has 1 aromatic rings. The van der Waals surface area contributed by atoms with Crippen LogP contribution in [0.15, 0.2) is 6.20 Å². The third-order valence-corrected chi connectivity index (χ3v) is 2.09. The van der Waals surface area contributed by atoms with E-state index in [-0.39, 0.29) is 5.41 Å². The van der Waals surface area contributed by atoms with Crippen LogP contribution in [0.1, 0.15) is 12.8 Å².